The maximum absolute atomic E-state index is 11.2. The average Bonchev–Trinajstić information content (AvgIpc) is 2.78. The monoisotopic (exact) mass is 242 g/mol. The van der Waals surface area contributed by atoms with Crippen LogP contribution in [0.4, 0.5) is 4.79 Å². The van der Waals surface area contributed by atoms with Crippen LogP contribution in [0.25, 0.3) is 0 Å². The largest absolute Gasteiger partial charge is 0.480 e. The zero-order valence-electron chi connectivity index (χ0n) is 9.10. The van der Waals surface area contributed by atoms with E-state index in [2.05, 4.69) is 20.6 Å². The summed E-state index contributed by atoms with van der Waals surface area (Å²) < 4.78 is 4.74. The Morgan fingerprint density at radius 3 is 2.94 bits per heavy atom. The Kier molecular flexibility index (Phi) is 5.52. The number of hydrogen-bond donors (Lipinski definition) is 4. The second-order valence-corrected chi connectivity index (χ2v) is 3.09. The van der Waals surface area contributed by atoms with E-state index in [-0.39, 0.29) is 25.8 Å². The van der Waals surface area contributed by atoms with Gasteiger partial charge in [-0.2, -0.15) is 0 Å². The highest BCUT2D eigenvalue weighted by atomic mass is 16.5. The van der Waals surface area contributed by atoms with Crippen LogP contribution >= 0.6 is 0 Å². The van der Waals surface area contributed by atoms with Crippen LogP contribution in [0.2, 0.25) is 0 Å². The van der Waals surface area contributed by atoms with Crippen molar-refractivity contribution in [2.45, 2.75) is 6.54 Å². The van der Waals surface area contributed by atoms with Crippen molar-refractivity contribution >= 4 is 12.0 Å². The third-order valence-corrected chi connectivity index (χ3v) is 1.73. The number of amides is 2. The summed E-state index contributed by atoms with van der Waals surface area (Å²) in [5.41, 5.74) is 0. The summed E-state index contributed by atoms with van der Waals surface area (Å²) >= 11 is 0. The van der Waals surface area contributed by atoms with E-state index in [0.717, 1.165) is 0 Å². The van der Waals surface area contributed by atoms with E-state index in [9.17, 15) is 9.59 Å². The Hall–Kier alpha value is -2.09. The molecule has 0 unspecified atom stereocenters. The number of hydrogen-bond acceptors (Lipinski definition) is 4. The molecule has 0 aliphatic heterocycles. The van der Waals surface area contributed by atoms with Crippen molar-refractivity contribution in [2.24, 2.45) is 0 Å². The van der Waals surface area contributed by atoms with Crippen molar-refractivity contribution in [3.8, 4) is 0 Å². The van der Waals surface area contributed by atoms with E-state index >= 15 is 0 Å². The molecule has 0 saturated carbocycles. The standard InChI is InChI=1S/C9H14N4O4/c14-8(15)6-17-4-3-12-9(16)13-5-7-10-1-2-11-7/h1-2H,3-6H2,(H,10,11)(H,14,15)(H2,12,13,16). The van der Waals surface area contributed by atoms with Crippen LogP contribution in [0, 0.1) is 0 Å². The third-order valence-electron chi connectivity index (χ3n) is 1.73. The van der Waals surface area contributed by atoms with Crippen molar-refractivity contribution < 1.29 is 19.4 Å². The molecule has 8 heteroatoms. The van der Waals surface area contributed by atoms with Gasteiger partial charge in [0, 0.05) is 18.9 Å². The van der Waals surface area contributed by atoms with Gasteiger partial charge >= 0.3 is 12.0 Å². The predicted octanol–water partition coefficient (Wildman–Crippen LogP) is -0.690. The summed E-state index contributed by atoms with van der Waals surface area (Å²) in [5.74, 6) is -0.380. The normalized spacial score (nSPS) is 9.88. The molecule has 1 aromatic heterocycles. The number of aliphatic carboxylic acids is 1. The van der Waals surface area contributed by atoms with Gasteiger partial charge in [0.15, 0.2) is 0 Å². The first-order chi connectivity index (χ1) is 8.18. The molecule has 0 aromatic carbocycles. The zero-order valence-corrected chi connectivity index (χ0v) is 9.10. The summed E-state index contributed by atoms with van der Waals surface area (Å²) in [7, 11) is 0. The van der Waals surface area contributed by atoms with Crippen molar-refractivity contribution in [3.05, 3.63) is 18.2 Å². The highest BCUT2D eigenvalue weighted by Gasteiger charge is 2.01. The fraction of sp³-hybridized carbons (Fsp3) is 0.444. The summed E-state index contributed by atoms with van der Waals surface area (Å²) in [6.07, 6.45) is 3.25. The number of aromatic amines is 1. The van der Waals surface area contributed by atoms with E-state index in [1.165, 1.54) is 0 Å². The summed E-state index contributed by atoms with van der Waals surface area (Å²) in [6.45, 7) is 0.336. The molecule has 2 amide bonds. The molecular formula is C9H14N4O4. The molecule has 94 valence electrons. The van der Waals surface area contributed by atoms with Crippen molar-refractivity contribution in [1.82, 2.24) is 20.6 Å². The van der Waals surface area contributed by atoms with Gasteiger partial charge in [0.1, 0.15) is 12.4 Å². The molecule has 0 atom stereocenters. The number of H-pyrrole nitrogens is 1. The number of nitrogens with zero attached hydrogens (tertiary/aromatic N) is 1. The smallest absolute Gasteiger partial charge is 0.329 e. The topological polar surface area (TPSA) is 116 Å². The van der Waals surface area contributed by atoms with Crippen LogP contribution in [0.1, 0.15) is 5.82 Å². The summed E-state index contributed by atoms with van der Waals surface area (Å²) in [5, 5.41) is 13.4. The fourth-order valence-electron chi connectivity index (χ4n) is 1.02. The molecule has 0 radical (unpaired) electrons. The lowest BCUT2D eigenvalue weighted by Gasteiger charge is -2.06. The lowest BCUT2D eigenvalue weighted by atomic mass is 10.6. The number of carboxylic acids is 1. The number of urea groups is 1. The molecule has 0 saturated heterocycles. The first kappa shape index (κ1) is 13.0. The molecule has 0 aliphatic rings. The number of carboxylic acid groups (broad SMARTS) is 1. The molecular weight excluding hydrogens is 228 g/mol. The van der Waals surface area contributed by atoms with Crippen LogP contribution in [0.3, 0.4) is 0 Å². The Morgan fingerprint density at radius 2 is 2.29 bits per heavy atom. The maximum Gasteiger partial charge on any atom is 0.329 e. The Balaban J connectivity index is 2.00. The van der Waals surface area contributed by atoms with Crippen LogP contribution in [0.15, 0.2) is 12.4 Å². The molecule has 1 rings (SSSR count). The zero-order chi connectivity index (χ0) is 12.5. The number of rotatable bonds is 7. The minimum Gasteiger partial charge on any atom is -0.480 e. The first-order valence-corrected chi connectivity index (χ1v) is 4.98. The van der Waals surface area contributed by atoms with E-state index in [1.54, 1.807) is 12.4 Å². The SMILES string of the molecule is O=C(O)COCCNC(=O)NCc1ncc[nH]1. The molecule has 1 heterocycles. The quantitative estimate of drug-likeness (QED) is 0.472. The Morgan fingerprint density at radius 1 is 1.47 bits per heavy atom. The van der Waals surface area contributed by atoms with Gasteiger partial charge in [-0.05, 0) is 0 Å². The van der Waals surface area contributed by atoms with E-state index in [0.29, 0.717) is 12.4 Å². The molecule has 4 N–H and O–H groups in total. The minimum atomic E-state index is -1.03. The fourth-order valence-corrected chi connectivity index (χ4v) is 1.02. The number of imidazole rings is 1. The number of aromatic nitrogens is 2. The van der Waals surface area contributed by atoms with Gasteiger partial charge in [0.05, 0.1) is 13.2 Å². The second-order valence-electron chi connectivity index (χ2n) is 3.09. The second kappa shape index (κ2) is 7.23. The van der Waals surface area contributed by atoms with Gasteiger partial charge < -0.3 is 25.5 Å². The van der Waals surface area contributed by atoms with Gasteiger partial charge in [0.2, 0.25) is 0 Å². The minimum absolute atomic E-state index is 0.153. The molecule has 17 heavy (non-hydrogen) atoms. The Labute approximate surface area is 97.4 Å². The maximum atomic E-state index is 11.2. The van der Waals surface area contributed by atoms with Gasteiger partial charge in [-0.3, -0.25) is 0 Å². The van der Waals surface area contributed by atoms with Crippen molar-refractivity contribution in [1.29, 1.82) is 0 Å². The molecule has 1 aromatic rings. The Bertz CT molecular complexity index is 352. The van der Waals surface area contributed by atoms with Crippen molar-refractivity contribution in [3.63, 3.8) is 0 Å². The van der Waals surface area contributed by atoms with Crippen LogP contribution in [0.5, 0.6) is 0 Å². The van der Waals surface area contributed by atoms with Crippen LogP contribution < -0.4 is 10.6 Å². The number of carbonyl (C=O) groups is 2. The summed E-state index contributed by atoms with van der Waals surface area (Å²) in [6, 6.07) is -0.361. The van der Waals surface area contributed by atoms with Gasteiger partial charge in [-0.1, -0.05) is 0 Å². The van der Waals surface area contributed by atoms with Crippen LogP contribution in [-0.4, -0.2) is 46.8 Å². The van der Waals surface area contributed by atoms with Gasteiger partial charge in [-0.15, -0.1) is 0 Å². The molecule has 8 nitrogen and oxygen atoms in total. The van der Waals surface area contributed by atoms with E-state index in [4.69, 9.17) is 9.84 Å². The number of nitrogens with one attached hydrogen (secondary N) is 3. The molecule has 0 bridgehead atoms. The lowest BCUT2D eigenvalue weighted by molar-refractivity contribution is -0.142. The van der Waals surface area contributed by atoms with Crippen LogP contribution in [-0.2, 0) is 16.1 Å². The molecule has 0 fully saturated rings. The average molecular weight is 242 g/mol. The number of carbonyl (C=O) groups excluding carboxylic acids is 1. The summed E-state index contributed by atoms with van der Waals surface area (Å²) in [4.78, 5) is 28.1. The highest BCUT2D eigenvalue weighted by Crippen LogP contribution is 1.85. The first-order valence-electron chi connectivity index (χ1n) is 4.98. The predicted molar refractivity (Wildman–Crippen MR) is 57.3 cm³/mol. The number of ether oxygens (including phenoxy) is 1. The molecule has 0 spiro atoms. The van der Waals surface area contributed by atoms with Gasteiger partial charge in [-0.25, -0.2) is 14.6 Å². The van der Waals surface area contributed by atoms with E-state index < -0.39 is 5.97 Å². The van der Waals surface area contributed by atoms with Gasteiger partial charge in [0.25, 0.3) is 0 Å². The highest BCUT2D eigenvalue weighted by molar-refractivity contribution is 5.73. The third kappa shape index (κ3) is 6.15. The van der Waals surface area contributed by atoms with E-state index in [1.807, 2.05) is 0 Å². The van der Waals surface area contributed by atoms with Crippen molar-refractivity contribution in [2.75, 3.05) is 19.8 Å². The molecule has 0 aliphatic carbocycles. The lowest BCUT2D eigenvalue weighted by Crippen LogP contribution is -2.37.